The summed E-state index contributed by atoms with van der Waals surface area (Å²) in [5.74, 6) is 0.396. The molecule has 0 fully saturated rings. The van der Waals surface area contributed by atoms with Crippen LogP contribution in [0.15, 0.2) is 51.9 Å². The van der Waals surface area contributed by atoms with Gasteiger partial charge in [0.25, 0.3) is 5.84 Å². The molecule has 0 saturated heterocycles. The number of nitrogens with two attached hydrogens (primary N) is 1. The van der Waals surface area contributed by atoms with E-state index in [1.807, 2.05) is 0 Å². The Hall–Kier alpha value is -2.69. The second kappa shape index (κ2) is 7.51. The second-order valence-corrected chi connectivity index (χ2v) is 6.12. The molecule has 4 N–H and O–H groups in total. The maximum atomic E-state index is 12.9. The molecule has 12 heteroatoms. The van der Waals surface area contributed by atoms with Gasteiger partial charge in [-0.2, -0.15) is 13.2 Å². The molecule has 140 valence electrons. The molecular weight excluding hydrogens is 408 g/mol. The molecule has 3 rings (SSSR count). The van der Waals surface area contributed by atoms with E-state index < -0.39 is 22.8 Å². The zero-order valence-corrected chi connectivity index (χ0v) is 14.7. The van der Waals surface area contributed by atoms with Crippen LogP contribution < -0.4 is 16.1 Å². The number of quaternary nitrogens is 1. The number of amidine groups is 1. The van der Waals surface area contributed by atoms with Crippen LogP contribution in [0, 0.1) is 0 Å². The molecule has 0 saturated carbocycles. The van der Waals surface area contributed by atoms with Crippen molar-refractivity contribution in [1.29, 1.82) is 0 Å². The van der Waals surface area contributed by atoms with Gasteiger partial charge in [-0.3, -0.25) is 0 Å². The molecule has 0 aliphatic carbocycles. The third kappa shape index (κ3) is 4.54. The highest BCUT2D eigenvalue weighted by atomic mass is 35.5. The molecule has 2 aromatic rings. The lowest BCUT2D eigenvalue weighted by atomic mass is 10.1. The van der Waals surface area contributed by atoms with Gasteiger partial charge in [0.1, 0.15) is 0 Å². The maximum Gasteiger partial charge on any atom is 0.417 e. The number of anilines is 2. The van der Waals surface area contributed by atoms with Gasteiger partial charge in [0.05, 0.1) is 27.1 Å². The predicted molar refractivity (Wildman–Crippen MR) is 93.9 cm³/mol. The van der Waals surface area contributed by atoms with Crippen molar-refractivity contribution in [1.82, 2.24) is 0 Å². The summed E-state index contributed by atoms with van der Waals surface area (Å²) >= 11 is 11.5. The topological polar surface area (TPSA) is 94.8 Å². The molecular formula is C15H10Cl2F3N6O+. The molecule has 2 aromatic carbocycles. The van der Waals surface area contributed by atoms with Gasteiger partial charge in [-0.25, -0.2) is 4.79 Å². The fraction of sp³-hybridized carbons (Fsp3) is 0.0667. The fourth-order valence-electron chi connectivity index (χ4n) is 2.25. The van der Waals surface area contributed by atoms with Gasteiger partial charge in [0, 0.05) is 15.9 Å². The van der Waals surface area contributed by atoms with Crippen molar-refractivity contribution in [3.8, 4) is 0 Å². The minimum absolute atomic E-state index is 0.0810. The molecule has 0 aromatic heterocycles. The highest BCUT2D eigenvalue weighted by Crippen LogP contribution is 2.36. The normalized spacial score (nSPS) is 13.4. The van der Waals surface area contributed by atoms with E-state index in [2.05, 4.69) is 26.2 Å². The summed E-state index contributed by atoms with van der Waals surface area (Å²) in [7, 11) is 0. The van der Waals surface area contributed by atoms with Crippen molar-refractivity contribution in [2.45, 2.75) is 6.18 Å². The number of amides is 2. The first-order valence-corrected chi connectivity index (χ1v) is 8.05. The highest BCUT2D eigenvalue weighted by molar-refractivity contribution is 6.31. The number of carbonyl (C=O) groups is 1. The summed E-state index contributed by atoms with van der Waals surface area (Å²) in [6, 6.07) is 6.93. The van der Waals surface area contributed by atoms with E-state index in [0.717, 1.165) is 12.1 Å². The summed E-state index contributed by atoms with van der Waals surface area (Å²) in [5, 5.41) is 15.6. The molecule has 1 aliphatic rings. The lowest BCUT2D eigenvalue weighted by molar-refractivity contribution is -0.546. The van der Waals surface area contributed by atoms with Crippen LogP contribution in [0.4, 0.5) is 29.3 Å². The van der Waals surface area contributed by atoms with Crippen LogP contribution in [0.3, 0.4) is 0 Å². The highest BCUT2D eigenvalue weighted by Gasteiger charge is 2.33. The van der Waals surface area contributed by atoms with Crippen LogP contribution in [-0.2, 0) is 6.18 Å². The standard InChI is InChI=1S/C15H9Cl2F3N6O/c16-7-1-3-9(13-23-25-26-24-13)12(5-7)22-14(27)21-8-2-4-11(17)10(6-8)15(18,19)20/h1-6H,(H2,21,22,27)(H,23,24,25,26)/p+1. The van der Waals surface area contributed by atoms with Crippen molar-refractivity contribution in [2.24, 2.45) is 15.5 Å². The first-order chi connectivity index (χ1) is 12.7. The monoisotopic (exact) mass is 417 g/mol. The Morgan fingerprint density at radius 2 is 1.85 bits per heavy atom. The smallest absolute Gasteiger partial charge is 0.308 e. The summed E-state index contributed by atoms with van der Waals surface area (Å²) in [6.07, 6.45) is -4.64. The van der Waals surface area contributed by atoms with Gasteiger partial charge >= 0.3 is 12.2 Å². The largest absolute Gasteiger partial charge is 0.417 e. The molecule has 0 atom stereocenters. The molecule has 0 bridgehead atoms. The third-order valence-electron chi connectivity index (χ3n) is 3.42. The number of halogens is 5. The molecule has 0 spiro atoms. The van der Waals surface area contributed by atoms with Crippen LogP contribution in [0.2, 0.25) is 10.0 Å². The van der Waals surface area contributed by atoms with E-state index in [1.54, 1.807) is 12.1 Å². The lowest BCUT2D eigenvalue weighted by Crippen LogP contribution is -2.80. The summed E-state index contributed by atoms with van der Waals surface area (Å²) in [4.78, 5) is 12.2. The zero-order valence-electron chi connectivity index (χ0n) is 13.2. The molecule has 0 radical (unpaired) electrons. The van der Waals surface area contributed by atoms with Gasteiger partial charge in [-0.15, -0.1) is 5.43 Å². The van der Waals surface area contributed by atoms with Crippen LogP contribution in [0.1, 0.15) is 11.1 Å². The Morgan fingerprint density at radius 3 is 2.52 bits per heavy atom. The van der Waals surface area contributed by atoms with Crippen LogP contribution >= 0.6 is 23.2 Å². The molecule has 2 amide bonds. The Labute approximate surface area is 160 Å². The number of nitrogens with zero attached hydrogens (tertiary/aromatic N) is 3. The number of urea groups is 1. The molecule has 7 nitrogen and oxygen atoms in total. The lowest BCUT2D eigenvalue weighted by Gasteiger charge is -2.13. The molecule has 0 unspecified atom stereocenters. The number of rotatable bonds is 3. The van der Waals surface area contributed by atoms with E-state index in [1.165, 1.54) is 17.6 Å². The zero-order chi connectivity index (χ0) is 19.6. The van der Waals surface area contributed by atoms with Crippen LogP contribution in [0.5, 0.6) is 0 Å². The number of hydrogen-bond acceptors (Lipinski definition) is 4. The van der Waals surface area contributed by atoms with E-state index in [4.69, 9.17) is 23.2 Å². The van der Waals surface area contributed by atoms with Crippen molar-refractivity contribution in [2.75, 3.05) is 10.6 Å². The Morgan fingerprint density at radius 1 is 1.07 bits per heavy atom. The Bertz CT molecular complexity index is 961. The van der Waals surface area contributed by atoms with Crippen molar-refractivity contribution in [3.05, 3.63) is 57.6 Å². The van der Waals surface area contributed by atoms with Gasteiger partial charge in [0.15, 0.2) is 0 Å². The minimum atomic E-state index is -4.64. The first kappa shape index (κ1) is 19.1. The number of alkyl halides is 3. The van der Waals surface area contributed by atoms with Crippen molar-refractivity contribution >= 4 is 46.4 Å². The van der Waals surface area contributed by atoms with E-state index in [0.29, 0.717) is 16.4 Å². The summed E-state index contributed by atoms with van der Waals surface area (Å²) < 4.78 is 38.8. The minimum Gasteiger partial charge on any atom is -0.308 e. The Balaban J connectivity index is 1.80. The van der Waals surface area contributed by atoms with Crippen molar-refractivity contribution < 1.29 is 23.4 Å². The van der Waals surface area contributed by atoms with Gasteiger partial charge in [0.2, 0.25) is 0 Å². The molecule has 1 aliphatic heterocycles. The number of benzene rings is 2. The summed E-state index contributed by atoms with van der Waals surface area (Å²) in [6.45, 7) is 0. The van der Waals surface area contributed by atoms with E-state index in [9.17, 15) is 18.0 Å². The first-order valence-electron chi connectivity index (χ1n) is 7.30. The van der Waals surface area contributed by atoms with Crippen molar-refractivity contribution in [3.63, 3.8) is 0 Å². The van der Waals surface area contributed by atoms with E-state index >= 15 is 0 Å². The quantitative estimate of drug-likeness (QED) is 0.639. The average molecular weight is 418 g/mol. The van der Waals surface area contributed by atoms with E-state index in [-0.39, 0.29) is 11.4 Å². The summed E-state index contributed by atoms with van der Waals surface area (Å²) in [5.41, 5.74) is 1.03. The predicted octanol–water partition coefficient (Wildman–Crippen LogP) is 4.26. The SMILES string of the molecule is O=C(Nc1ccc(Cl)c(C(F)(F)F)c1)Nc1cc(Cl)ccc1C1=NN=N[NH2+]1. The maximum absolute atomic E-state index is 12.9. The Kier molecular flexibility index (Phi) is 5.31. The molecule has 1 heterocycles. The number of hydrogen-bond donors (Lipinski definition) is 3. The van der Waals surface area contributed by atoms with Gasteiger partial charge < -0.3 is 10.6 Å². The fourth-order valence-corrected chi connectivity index (χ4v) is 2.65. The van der Waals surface area contributed by atoms with Crippen LogP contribution in [0.25, 0.3) is 0 Å². The van der Waals surface area contributed by atoms with Gasteiger partial charge in [-0.1, -0.05) is 28.3 Å². The van der Waals surface area contributed by atoms with Crippen LogP contribution in [-0.4, -0.2) is 11.9 Å². The third-order valence-corrected chi connectivity index (χ3v) is 3.98. The number of carbonyl (C=O) groups excluding carboxylic acids is 1. The second-order valence-electron chi connectivity index (χ2n) is 5.28. The molecule has 27 heavy (non-hydrogen) atoms. The average Bonchev–Trinajstić information content (AvgIpc) is 3.10. The number of nitrogens with one attached hydrogen (secondary N) is 2. The van der Waals surface area contributed by atoms with Gasteiger partial charge in [-0.05, 0) is 36.4 Å².